The van der Waals surface area contributed by atoms with Crippen LogP contribution >= 0.6 is 0 Å². The molecule has 1 aromatic rings. The van der Waals surface area contributed by atoms with Crippen molar-refractivity contribution in [2.75, 3.05) is 5.32 Å². The minimum Gasteiger partial charge on any atom is -0.365 e. The van der Waals surface area contributed by atoms with Crippen molar-refractivity contribution < 1.29 is 9.53 Å². The smallest absolute Gasteiger partial charge is 0.253 e. The van der Waals surface area contributed by atoms with Crippen LogP contribution in [0.3, 0.4) is 0 Å². The second-order valence-electron chi connectivity index (χ2n) is 5.85. The topological polar surface area (TPSA) is 50.4 Å². The SMILES string of the molecule is CC1CCC(C(=O)Nc2ccc(CNC3CC3)cc2)O1. The van der Waals surface area contributed by atoms with Crippen LogP contribution in [0.2, 0.25) is 0 Å². The highest BCUT2D eigenvalue weighted by Gasteiger charge is 2.28. The van der Waals surface area contributed by atoms with E-state index in [1.54, 1.807) is 0 Å². The molecule has 1 saturated heterocycles. The molecule has 2 N–H and O–H groups in total. The van der Waals surface area contributed by atoms with Crippen molar-refractivity contribution >= 4 is 11.6 Å². The Bertz CT molecular complexity index is 468. The second-order valence-corrected chi connectivity index (χ2v) is 5.85. The summed E-state index contributed by atoms with van der Waals surface area (Å²) in [5.41, 5.74) is 2.09. The number of rotatable bonds is 5. The van der Waals surface area contributed by atoms with E-state index in [4.69, 9.17) is 4.74 Å². The molecule has 0 radical (unpaired) electrons. The number of hydrogen-bond acceptors (Lipinski definition) is 3. The third kappa shape index (κ3) is 3.58. The summed E-state index contributed by atoms with van der Waals surface area (Å²) in [6, 6.07) is 8.75. The van der Waals surface area contributed by atoms with E-state index in [0.29, 0.717) is 0 Å². The zero-order valence-corrected chi connectivity index (χ0v) is 11.9. The molecule has 1 saturated carbocycles. The number of carbonyl (C=O) groups is 1. The van der Waals surface area contributed by atoms with Gasteiger partial charge in [-0.25, -0.2) is 0 Å². The van der Waals surface area contributed by atoms with Crippen molar-refractivity contribution in [1.29, 1.82) is 0 Å². The van der Waals surface area contributed by atoms with Gasteiger partial charge in [-0.15, -0.1) is 0 Å². The van der Waals surface area contributed by atoms with Crippen LogP contribution in [0.1, 0.15) is 38.2 Å². The van der Waals surface area contributed by atoms with E-state index in [9.17, 15) is 4.79 Å². The lowest BCUT2D eigenvalue weighted by atomic mass is 10.1. The molecule has 4 heteroatoms. The van der Waals surface area contributed by atoms with E-state index in [0.717, 1.165) is 31.1 Å². The molecule has 20 heavy (non-hydrogen) atoms. The van der Waals surface area contributed by atoms with Gasteiger partial charge in [0.15, 0.2) is 0 Å². The molecule has 2 atom stereocenters. The van der Waals surface area contributed by atoms with Crippen molar-refractivity contribution in [3.8, 4) is 0 Å². The molecule has 0 aromatic heterocycles. The Morgan fingerprint density at radius 3 is 2.55 bits per heavy atom. The van der Waals surface area contributed by atoms with Crippen LogP contribution in [0.4, 0.5) is 5.69 Å². The summed E-state index contributed by atoms with van der Waals surface area (Å²) in [7, 11) is 0. The maximum absolute atomic E-state index is 12.0. The molecule has 2 unspecified atom stereocenters. The molecule has 108 valence electrons. The molecule has 3 rings (SSSR count). The van der Waals surface area contributed by atoms with Crippen molar-refractivity contribution in [3.63, 3.8) is 0 Å². The van der Waals surface area contributed by atoms with E-state index in [1.807, 2.05) is 19.1 Å². The van der Waals surface area contributed by atoms with E-state index in [1.165, 1.54) is 18.4 Å². The van der Waals surface area contributed by atoms with E-state index in [2.05, 4.69) is 22.8 Å². The van der Waals surface area contributed by atoms with Crippen LogP contribution in [-0.4, -0.2) is 24.2 Å². The first-order valence-corrected chi connectivity index (χ1v) is 7.49. The summed E-state index contributed by atoms with van der Waals surface area (Å²) in [6.45, 7) is 2.91. The second kappa shape index (κ2) is 5.94. The third-order valence-electron chi connectivity index (χ3n) is 3.92. The number of benzene rings is 1. The molecule has 2 fully saturated rings. The van der Waals surface area contributed by atoms with Gasteiger partial charge in [-0.3, -0.25) is 4.79 Å². The maximum atomic E-state index is 12.0. The van der Waals surface area contributed by atoms with Gasteiger partial charge in [0.1, 0.15) is 6.10 Å². The fourth-order valence-electron chi connectivity index (χ4n) is 2.47. The van der Waals surface area contributed by atoms with Crippen LogP contribution in [0.25, 0.3) is 0 Å². The molecule has 0 spiro atoms. The van der Waals surface area contributed by atoms with Crippen LogP contribution in [0.15, 0.2) is 24.3 Å². The lowest BCUT2D eigenvalue weighted by Crippen LogP contribution is -2.27. The number of amides is 1. The van der Waals surface area contributed by atoms with Crippen molar-refractivity contribution in [2.24, 2.45) is 0 Å². The van der Waals surface area contributed by atoms with Crippen molar-refractivity contribution in [3.05, 3.63) is 29.8 Å². The quantitative estimate of drug-likeness (QED) is 0.867. The minimum atomic E-state index is -0.291. The molecule has 1 heterocycles. The highest BCUT2D eigenvalue weighted by atomic mass is 16.5. The molecule has 4 nitrogen and oxygen atoms in total. The number of carbonyl (C=O) groups excluding carboxylic acids is 1. The van der Waals surface area contributed by atoms with E-state index < -0.39 is 0 Å². The Labute approximate surface area is 119 Å². The summed E-state index contributed by atoms with van der Waals surface area (Å²) in [4.78, 5) is 12.0. The van der Waals surface area contributed by atoms with Crippen molar-refractivity contribution in [2.45, 2.75) is 57.4 Å². The molecular formula is C16H22N2O2. The fourth-order valence-corrected chi connectivity index (χ4v) is 2.47. The number of nitrogens with one attached hydrogen (secondary N) is 2. The number of anilines is 1. The zero-order chi connectivity index (χ0) is 13.9. The van der Waals surface area contributed by atoms with Crippen LogP contribution in [-0.2, 0) is 16.1 Å². The Morgan fingerprint density at radius 2 is 1.95 bits per heavy atom. The summed E-state index contributed by atoms with van der Waals surface area (Å²) in [6.07, 6.45) is 4.28. The zero-order valence-electron chi connectivity index (χ0n) is 11.9. The monoisotopic (exact) mass is 274 g/mol. The van der Waals surface area contributed by atoms with Gasteiger partial charge in [-0.2, -0.15) is 0 Å². The molecule has 1 aliphatic carbocycles. The van der Waals surface area contributed by atoms with Gasteiger partial charge in [-0.1, -0.05) is 12.1 Å². The molecule has 2 aliphatic rings. The van der Waals surface area contributed by atoms with Gasteiger partial charge in [-0.05, 0) is 50.3 Å². The summed E-state index contributed by atoms with van der Waals surface area (Å²) >= 11 is 0. The third-order valence-corrected chi connectivity index (χ3v) is 3.92. The summed E-state index contributed by atoms with van der Waals surface area (Å²) < 4.78 is 5.57. The maximum Gasteiger partial charge on any atom is 0.253 e. The standard InChI is InChI=1S/C16H22N2O2/c1-11-2-9-15(20-11)16(19)18-14-5-3-12(4-6-14)10-17-13-7-8-13/h3-6,11,13,15,17H,2,7-10H2,1H3,(H,18,19). The fraction of sp³-hybridized carbons (Fsp3) is 0.562. The van der Waals surface area contributed by atoms with Gasteiger partial charge in [0, 0.05) is 18.3 Å². The minimum absolute atomic E-state index is 0.0294. The summed E-state index contributed by atoms with van der Waals surface area (Å²) in [5.74, 6) is -0.0294. The average molecular weight is 274 g/mol. The van der Waals surface area contributed by atoms with Gasteiger partial charge >= 0.3 is 0 Å². The largest absolute Gasteiger partial charge is 0.365 e. The first kappa shape index (κ1) is 13.6. The average Bonchev–Trinajstić information content (AvgIpc) is 3.18. The van der Waals surface area contributed by atoms with Gasteiger partial charge in [0.05, 0.1) is 6.10 Å². The Balaban J connectivity index is 1.50. The molecular weight excluding hydrogens is 252 g/mol. The van der Waals surface area contributed by atoms with Crippen molar-refractivity contribution in [1.82, 2.24) is 5.32 Å². The van der Waals surface area contributed by atoms with E-state index >= 15 is 0 Å². The Hall–Kier alpha value is -1.39. The molecule has 1 amide bonds. The summed E-state index contributed by atoms with van der Waals surface area (Å²) in [5, 5.41) is 6.40. The molecule has 1 aliphatic heterocycles. The normalized spacial score (nSPS) is 25.6. The van der Waals surface area contributed by atoms with Crippen LogP contribution in [0.5, 0.6) is 0 Å². The van der Waals surface area contributed by atoms with Gasteiger partial charge < -0.3 is 15.4 Å². The number of hydrogen-bond donors (Lipinski definition) is 2. The first-order valence-electron chi connectivity index (χ1n) is 7.49. The van der Waals surface area contributed by atoms with Gasteiger partial charge in [0.25, 0.3) is 5.91 Å². The Morgan fingerprint density at radius 1 is 1.20 bits per heavy atom. The molecule has 0 bridgehead atoms. The van der Waals surface area contributed by atoms with Gasteiger partial charge in [0.2, 0.25) is 0 Å². The lowest BCUT2D eigenvalue weighted by molar-refractivity contribution is -0.126. The molecule has 1 aromatic carbocycles. The Kier molecular flexibility index (Phi) is 4.03. The lowest BCUT2D eigenvalue weighted by Gasteiger charge is -2.12. The van der Waals surface area contributed by atoms with E-state index in [-0.39, 0.29) is 18.1 Å². The predicted molar refractivity (Wildman–Crippen MR) is 78.5 cm³/mol. The highest BCUT2D eigenvalue weighted by molar-refractivity contribution is 5.94. The van der Waals surface area contributed by atoms with Crippen LogP contribution < -0.4 is 10.6 Å². The first-order chi connectivity index (χ1) is 9.70. The highest BCUT2D eigenvalue weighted by Crippen LogP contribution is 2.21. The van der Waals surface area contributed by atoms with Crippen LogP contribution in [0, 0.1) is 0 Å². The number of ether oxygens (including phenoxy) is 1. The predicted octanol–water partition coefficient (Wildman–Crippen LogP) is 2.44.